The number of aromatic nitrogens is 2. The Hall–Kier alpha value is -4.54. The summed E-state index contributed by atoms with van der Waals surface area (Å²) in [5.41, 5.74) is 4.01. The molecule has 1 amide bonds. The molecule has 0 aliphatic carbocycles. The molecule has 0 aliphatic rings. The van der Waals surface area contributed by atoms with Crippen LogP contribution >= 0.6 is 0 Å². The molecule has 7 heteroatoms. The molecule has 2 atom stereocenters. The van der Waals surface area contributed by atoms with E-state index < -0.39 is 6.04 Å². The van der Waals surface area contributed by atoms with Crippen molar-refractivity contribution in [2.24, 2.45) is 7.05 Å². The second kappa shape index (κ2) is 11.3. The van der Waals surface area contributed by atoms with Crippen LogP contribution in [0, 0.1) is 11.3 Å². The molecule has 4 rings (SSSR count). The van der Waals surface area contributed by atoms with E-state index in [4.69, 9.17) is 5.26 Å². The van der Waals surface area contributed by atoms with Crippen LogP contribution in [0.15, 0.2) is 96.1 Å². The molecule has 2 heterocycles. The Morgan fingerprint density at radius 1 is 1.00 bits per heavy atom. The van der Waals surface area contributed by atoms with Gasteiger partial charge in [-0.3, -0.25) is 9.59 Å². The van der Waals surface area contributed by atoms with Crippen LogP contribution in [0.4, 0.5) is 5.82 Å². The fourth-order valence-corrected chi connectivity index (χ4v) is 3.87. The number of carbonyl (C=O) groups is 1. The second-order valence-electron chi connectivity index (χ2n) is 8.67. The van der Waals surface area contributed by atoms with E-state index in [1.807, 2.05) is 54.6 Å². The standard InChI is InChI=1S/C29H27N5O2/c1-20(22-10-8-21(17-30)9-11-22)18-32-28(23-6-4-3-5-7-23)29(36)33-26-13-12-25(19-31-26)24-14-15-34(2)27(35)16-24/h3-16,19-20,28,32H,18H2,1-2H3,(H,31,33,36)/t20-,28+/m0/s1. The van der Waals surface area contributed by atoms with E-state index in [1.165, 1.54) is 4.57 Å². The Morgan fingerprint density at radius 2 is 1.75 bits per heavy atom. The SMILES string of the molecule is C[C@@H](CN[C@@H](C(=O)Nc1ccc(-c2ccn(C)c(=O)c2)cn1)c1ccccc1)c1ccc(C#N)cc1. The van der Waals surface area contributed by atoms with Crippen LogP contribution in [0.25, 0.3) is 11.1 Å². The van der Waals surface area contributed by atoms with Crippen molar-refractivity contribution in [2.75, 3.05) is 11.9 Å². The molecule has 36 heavy (non-hydrogen) atoms. The largest absolute Gasteiger partial charge is 0.319 e. The van der Waals surface area contributed by atoms with E-state index in [9.17, 15) is 9.59 Å². The van der Waals surface area contributed by atoms with Crippen molar-refractivity contribution >= 4 is 11.7 Å². The van der Waals surface area contributed by atoms with Crippen molar-refractivity contribution < 1.29 is 4.79 Å². The minimum Gasteiger partial charge on any atom is -0.319 e. The van der Waals surface area contributed by atoms with Gasteiger partial charge in [-0.05, 0) is 52.9 Å². The molecule has 0 radical (unpaired) electrons. The molecule has 0 aliphatic heterocycles. The van der Waals surface area contributed by atoms with Crippen molar-refractivity contribution in [3.8, 4) is 17.2 Å². The van der Waals surface area contributed by atoms with E-state index >= 15 is 0 Å². The molecule has 0 saturated carbocycles. The fourth-order valence-electron chi connectivity index (χ4n) is 3.87. The van der Waals surface area contributed by atoms with Crippen LogP contribution in [0.3, 0.4) is 0 Å². The number of benzene rings is 2. The lowest BCUT2D eigenvalue weighted by Gasteiger charge is -2.21. The molecule has 0 bridgehead atoms. The molecule has 0 saturated heterocycles. The highest BCUT2D eigenvalue weighted by Gasteiger charge is 2.21. The second-order valence-corrected chi connectivity index (χ2v) is 8.67. The molecule has 0 spiro atoms. The highest BCUT2D eigenvalue weighted by atomic mass is 16.2. The van der Waals surface area contributed by atoms with Gasteiger partial charge in [0, 0.05) is 37.6 Å². The monoisotopic (exact) mass is 477 g/mol. The summed E-state index contributed by atoms with van der Waals surface area (Å²) in [4.78, 5) is 29.6. The third kappa shape index (κ3) is 5.93. The summed E-state index contributed by atoms with van der Waals surface area (Å²) < 4.78 is 1.50. The molecular formula is C29H27N5O2. The Bertz CT molecular complexity index is 1420. The number of carbonyl (C=O) groups excluding carboxylic acids is 1. The van der Waals surface area contributed by atoms with Gasteiger partial charge in [-0.1, -0.05) is 49.4 Å². The van der Waals surface area contributed by atoms with Crippen molar-refractivity contribution in [1.29, 1.82) is 5.26 Å². The summed E-state index contributed by atoms with van der Waals surface area (Å²) in [6, 6.07) is 25.5. The van der Waals surface area contributed by atoms with Gasteiger partial charge in [0.15, 0.2) is 0 Å². The predicted molar refractivity (Wildman–Crippen MR) is 140 cm³/mol. The Morgan fingerprint density at radius 3 is 2.39 bits per heavy atom. The summed E-state index contributed by atoms with van der Waals surface area (Å²) in [7, 11) is 1.70. The van der Waals surface area contributed by atoms with Crippen molar-refractivity contribution in [3.63, 3.8) is 0 Å². The number of hydrogen-bond donors (Lipinski definition) is 2. The Balaban J connectivity index is 1.47. The van der Waals surface area contributed by atoms with Crippen LogP contribution in [-0.4, -0.2) is 22.0 Å². The number of nitriles is 1. The minimum atomic E-state index is -0.578. The molecule has 2 aromatic heterocycles. The zero-order chi connectivity index (χ0) is 25.5. The van der Waals surface area contributed by atoms with Crippen molar-refractivity contribution in [3.05, 3.63) is 118 Å². The number of pyridine rings is 2. The summed E-state index contributed by atoms with van der Waals surface area (Å²) in [5, 5.41) is 15.3. The van der Waals surface area contributed by atoms with Gasteiger partial charge in [0.1, 0.15) is 11.9 Å². The molecule has 2 aromatic carbocycles. The quantitative estimate of drug-likeness (QED) is 0.392. The predicted octanol–water partition coefficient (Wildman–Crippen LogP) is 4.39. The maximum Gasteiger partial charge on any atom is 0.250 e. The summed E-state index contributed by atoms with van der Waals surface area (Å²) in [6.07, 6.45) is 3.35. The maximum absolute atomic E-state index is 13.3. The van der Waals surface area contributed by atoms with Crippen molar-refractivity contribution in [2.45, 2.75) is 18.9 Å². The van der Waals surface area contributed by atoms with Crippen LogP contribution in [-0.2, 0) is 11.8 Å². The number of nitrogens with one attached hydrogen (secondary N) is 2. The molecule has 7 nitrogen and oxygen atoms in total. The normalized spacial score (nSPS) is 12.4. The highest BCUT2D eigenvalue weighted by Crippen LogP contribution is 2.21. The smallest absolute Gasteiger partial charge is 0.250 e. The van der Waals surface area contributed by atoms with E-state index in [1.54, 1.807) is 43.7 Å². The van der Waals surface area contributed by atoms with Gasteiger partial charge < -0.3 is 15.2 Å². The summed E-state index contributed by atoms with van der Waals surface area (Å²) in [5.74, 6) is 0.338. The number of nitrogens with zero attached hydrogens (tertiary/aromatic N) is 3. The zero-order valence-electron chi connectivity index (χ0n) is 20.2. The van der Waals surface area contributed by atoms with E-state index in [0.29, 0.717) is 17.9 Å². The Kier molecular flexibility index (Phi) is 7.69. The lowest BCUT2D eigenvalue weighted by molar-refractivity contribution is -0.118. The molecule has 2 N–H and O–H groups in total. The molecule has 0 unspecified atom stereocenters. The van der Waals surface area contributed by atoms with Crippen LogP contribution < -0.4 is 16.2 Å². The number of aryl methyl sites for hydroxylation is 1. The number of amides is 1. The molecule has 0 fully saturated rings. The average molecular weight is 478 g/mol. The maximum atomic E-state index is 13.3. The number of anilines is 1. The summed E-state index contributed by atoms with van der Waals surface area (Å²) in [6.45, 7) is 2.64. The first-order chi connectivity index (χ1) is 17.4. The van der Waals surface area contributed by atoms with Gasteiger partial charge in [0.2, 0.25) is 5.91 Å². The lowest BCUT2D eigenvalue weighted by atomic mass is 9.98. The van der Waals surface area contributed by atoms with Gasteiger partial charge in [-0.15, -0.1) is 0 Å². The van der Waals surface area contributed by atoms with E-state index in [2.05, 4.69) is 28.6 Å². The van der Waals surface area contributed by atoms with Gasteiger partial charge in [0.25, 0.3) is 5.56 Å². The van der Waals surface area contributed by atoms with Crippen LogP contribution in [0.5, 0.6) is 0 Å². The first kappa shape index (κ1) is 24.6. The van der Waals surface area contributed by atoms with Crippen LogP contribution in [0.2, 0.25) is 0 Å². The van der Waals surface area contributed by atoms with Gasteiger partial charge in [-0.25, -0.2) is 4.98 Å². The Labute approximate surface area is 210 Å². The highest BCUT2D eigenvalue weighted by molar-refractivity contribution is 5.95. The third-order valence-electron chi connectivity index (χ3n) is 6.08. The van der Waals surface area contributed by atoms with Crippen LogP contribution in [0.1, 0.15) is 35.6 Å². The fraction of sp³-hybridized carbons (Fsp3) is 0.172. The van der Waals surface area contributed by atoms with Gasteiger partial charge >= 0.3 is 0 Å². The molecular weight excluding hydrogens is 450 g/mol. The van der Waals surface area contributed by atoms with Crippen molar-refractivity contribution in [1.82, 2.24) is 14.9 Å². The topological polar surface area (TPSA) is 99.8 Å². The number of hydrogen-bond acceptors (Lipinski definition) is 5. The van der Waals surface area contributed by atoms with E-state index in [0.717, 1.165) is 22.3 Å². The minimum absolute atomic E-state index is 0.100. The lowest BCUT2D eigenvalue weighted by Crippen LogP contribution is -2.35. The van der Waals surface area contributed by atoms with Gasteiger partial charge in [-0.2, -0.15) is 5.26 Å². The average Bonchev–Trinajstić information content (AvgIpc) is 2.91. The summed E-state index contributed by atoms with van der Waals surface area (Å²) >= 11 is 0. The zero-order valence-corrected chi connectivity index (χ0v) is 20.2. The first-order valence-electron chi connectivity index (χ1n) is 11.7. The third-order valence-corrected chi connectivity index (χ3v) is 6.08. The van der Waals surface area contributed by atoms with Gasteiger partial charge in [0.05, 0.1) is 11.6 Å². The number of rotatable bonds is 8. The first-order valence-corrected chi connectivity index (χ1v) is 11.7. The molecule has 180 valence electrons. The van der Waals surface area contributed by atoms with E-state index in [-0.39, 0.29) is 17.4 Å². The molecule has 4 aromatic rings.